The molecule has 8 heteroatoms. The van der Waals surface area contributed by atoms with E-state index in [1.54, 1.807) is 19.1 Å². The van der Waals surface area contributed by atoms with E-state index in [9.17, 15) is 14.0 Å². The van der Waals surface area contributed by atoms with Gasteiger partial charge in [0.25, 0.3) is 5.91 Å². The maximum Gasteiger partial charge on any atom is 0.341 e. The van der Waals surface area contributed by atoms with Gasteiger partial charge in [-0.2, -0.15) is 0 Å². The Balaban J connectivity index is 2.05. The molecule has 0 bridgehead atoms. The number of methoxy groups -OCH3 is 2. The van der Waals surface area contributed by atoms with Crippen molar-refractivity contribution in [2.75, 3.05) is 19.5 Å². The molecular weight excluding hydrogens is 389 g/mol. The number of esters is 1. The van der Waals surface area contributed by atoms with Crippen LogP contribution in [0, 0.1) is 19.7 Å². The minimum atomic E-state index is -0.508. The molecule has 1 N–H and O–H groups in total. The second kappa shape index (κ2) is 7.75. The Morgan fingerprint density at radius 3 is 2.59 bits per heavy atom. The number of rotatable bonds is 5. The van der Waals surface area contributed by atoms with E-state index >= 15 is 0 Å². The Morgan fingerprint density at radius 2 is 1.93 bits per heavy atom. The Bertz CT molecular complexity index is 1040. The summed E-state index contributed by atoms with van der Waals surface area (Å²) in [6.45, 7) is 3.78. The lowest BCUT2D eigenvalue weighted by molar-refractivity contribution is 0.0601. The van der Waals surface area contributed by atoms with Crippen LogP contribution >= 0.6 is 22.7 Å². The standard InChI is InChI=1S/C19H18FNO4S2/c1-9-10(2)26-18(14(9)19(23)25-4)21-17(22)16-11(8-24-3)15-12(20)6-5-7-13(15)27-16/h5-7H,8H2,1-4H3,(H,21,22). The molecule has 0 spiro atoms. The van der Waals surface area contributed by atoms with Gasteiger partial charge in [0.1, 0.15) is 10.8 Å². The summed E-state index contributed by atoms with van der Waals surface area (Å²) in [5, 5.41) is 3.60. The zero-order valence-corrected chi connectivity index (χ0v) is 16.9. The molecular formula is C19H18FNO4S2. The van der Waals surface area contributed by atoms with Crippen LogP contribution in [0.1, 0.15) is 36.0 Å². The lowest BCUT2D eigenvalue weighted by atomic mass is 10.1. The SMILES string of the molecule is COCc1c(C(=O)Nc2sc(C)c(C)c2C(=O)OC)sc2cccc(F)c12. The van der Waals surface area contributed by atoms with Crippen LogP contribution in [-0.4, -0.2) is 26.1 Å². The van der Waals surface area contributed by atoms with Crippen LogP contribution in [0.4, 0.5) is 9.39 Å². The summed E-state index contributed by atoms with van der Waals surface area (Å²) in [4.78, 5) is 26.3. The van der Waals surface area contributed by atoms with Gasteiger partial charge in [0, 0.05) is 27.6 Å². The first kappa shape index (κ1) is 19.5. The third-order valence-corrected chi connectivity index (χ3v) is 6.58. The summed E-state index contributed by atoms with van der Waals surface area (Å²) in [5.41, 5.74) is 1.60. The summed E-state index contributed by atoms with van der Waals surface area (Å²) in [6, 6.07) is 4.73. The van der Waals surface area contributed by atoms with Gasteiger partial charge in [0.15, 0.2) is 0 Å². The Morgan fingerprint density at radius 1 is 1.19 bits per heavy atom. The van der Waals surface area contributed by atoms with E-state index in [0.717, 1.165) is 10.4 Å². The number of ether oxygens (including phenoxy) is 2. The number of hydrogen-bond acceptors (Lipinski definition) is 6. The minimum absolute atomic E-state index is 0.107. The van der Waals surface area contributed by atoms with Crippen LogP contribution in [0.2, 0.25) is 0 Å². The highest BCUT2D eigenvalue weighted by atomic mass is 32.1. The Labute approximate surface area is 163 Å². The summed E-state index contributed by atoms with van der Waals surface area (Å²) >= 11 is 2.50. The molecule has 3 aromatic rings. The molecule has 2 aromatic heterocycles. The van der Waals surface area contributed by atoms with Gasteiger partial charge in [-0.3, -0.25) is 4.79 Å². The Hall–Kier alpha value is -2.29. The molecule has 0 aliphatic rings. The van der Waals surface area contributed by atoms with Gasteiger partial charge in [-0.05, 0) is 31.5 Å². The average molecular weight is 407 g/mol. The van der Waals surface area contributed by atoms with Crippen LogP contribution in [0.3, 0.4) is 0 Å². The zero-order chi connectivity index (χ0) is 19.7. The predicted octanol–water partition coefficient (Wildman–Crippen LogP) is 4.90. The number of thiophene rings is 2. The number of nitrogens with one attached hydrogen (secondary N) is 1. The van der Waals surface area contributed by atoms with E-state index in [-0.39, 0.29) is 6.61 Å². The fourth-order valence-corrected chi connectivity index (χ4v) is 5.02. The number of anilines is 1. The van der Waals surface area contributed by atoms with Crippen LogP contribution in [0.15, 0.2) is 18.2 Å². The fourth-order valence-electron chi connectivity index (χ4n) is 2.86. The molecule has 0 saturated heterocycles. The maximum atomic E-state index is 14.3. The normalized spacial score (nSPS) is 11.0. The van der Waals surface area contributed by atoms with Crippen molar-refractivity contribution in [3.8, 4) is 0 Å². The summed E-state index contributed by atoms with van der Waals surface area (Å²) in [5.74, 6) is -1.31. The number of amides is 1. The van der Waals surface area contributed by atoms with Crippen molar-refractivity contribution in [2.24, 2.45) is 0 Å². The first-order chi connectivity index (χ1) is 12.9. The molecule has 1 amide bonds. The molecule has 5 nitrogen and oxygen atoms in total. The third kappa shape index (κ3) is 3.47. The molecule has 2 heterocycles. The first-order valence-corrected chi connectivity index (χ1v) is 9.70. The summed E-state index contributed by atoms with van der Waals surface area (Å²) < 4.78 is 25.0. The average Bonchev–Trinajstić information content (AvgIpc) is 3.14. The number of carbonyl (C=O) groups excluding carboxylic acids is 2. The zero-order valence-electron chi connectivity index (χ0n) is 15.3. The largest absolute Gasteiger partial charge is 0.465 e. The van der Waals surface area contributed by atoms with E-state index in [4.69, 9.17) is 9.47 Å². The van der Waals surface area contributed by atoms with Gasteiger partial charge in [0.2, 0.25) is 0 Å². The smallest absolute Gasteiger partial charge is 0.341 e. The molecule has 1 aromatic carbocycles. The number of aryl methyl sites for hydroxylation is 1. The molecule has 0 radical (unpaired) electrons. The van der Waals surface area contributed by atoms with Crippen LogP contribution in [0.25, 0.3) is 10.1 Å². The van der Waals surface area contributed by atoms with Crippen molar-refractivity contribution in [3.63, 3.8) is 0 Å². The maximum absolute atomic E-state index is 14.3. The lowest BCUT2D eigenvalue weighted by Gasteiger charge is -2.07. The highest BCUT2D eigenvalue weighted by Crippen LogP contribution is 2.37. The second-order valence-electron chi connectivity index (χ2n) is 5.89. The lowest BCUT2D eigenvalue weighted by Crippen LogP contribution is -2.14. The van der Waals surface area contributed by atoms with E-state index in [0.29, 0.717) is 31.1 Å². The van der Waals surface area contributed by atoms with Crippen molar-refractivity contribution in [1.29, 1.82) is 0 Å². The molecule has 0 fully saturated rings. The molecule has 142 valence electrons. The minimum Gasteiger partial charge on any atom is -0.465 e. The number of benzene rings is 1. The van der Waals surface area contributed by atoms with E-state index in [1.165, 1.54) is 43.0 Å². The fraction of sp³-hybridized carbons (Fsp3) is 0.263. The number of fused-ring (bicyclic) bond motifs is 1. The molecule has 0 aliphatic carbocycles. The van der Waals surface area contributed by atoms with Gasteiger partial charge in [-0.25, -0.2) is 9.18 Å². The summed E-state index contributed by atoms with van der Waals surface area (Å²) in [6.07, 6.45) is 0. The quantitative estimate of drug-likeness (QED) is 0.611. The molecule has 0 unspecified atom stereocenters. The van der Waals surface area contributed by atoms with Crippen molar-refractivity contribution < 1.29 is 23.5 Å². The molecule has 0 saturated carbocycles. The number of carbonyl (C=O) groups is 2. The number of hydrogen-bond donors (Lipinski definition) is 1. The molecule has 0 atom stereocenters. The highest BCUT2D eigenvalue weighted by molar-refractivity contribution is 7.21. The van der Waals surface area contributed by atoms with E-state index < -0.39 is 17.7 Å². The van der Waals surface area contributed by atoms with Crippen molar-refractivity contribution in [2.45, 2.75) is 20.5 Å². The van der Waals surface area contributed by atoms with Gasteiger partial charge in [-0.15, -0.1) is 22.7 Å². The van der Waals surface area contributed by atoms with Crippen molar-refractivity contribution in [3.05, 3.63) is 50.5 Å². The van der Waals surface area contributed by atoms with Gasteiger partial charge < -0.3 is 14.8 Å². The topological polar surface area (TPSA) is 64.6 Å². The van der Waals surface area contributed by atoms with E-state index in [2.05, 4.69) is 5.32 Å². The highest BCUT2D eigenvalue weighted by Gasteiger charge is 2.25. The van der Waals surface area contributed by atoms with Crippen molar-refractivity contribution >= 4 is 49.6 Å². The van der Waals surface area contributed by atoms with Crippen LogP contribution in [-0.2, 0) is 16.1 Å². The third-order valence-electron chi connectivity index (χ3n) is 4.26. The van der Waals surface area contributed by atoms with E-state index in [1.807, 2.05) is 6.92 Å². The van der Waals surface area contributed by atoms with Gasteiger partial charge in [0.05, 0.1) is 24.2 Å². The summed E-state index contributed by atoms with van der Waals surface area (Å²) in [7, 11) is 2.79. The molecule has 3 rings (SSSR count). The van der Waals surface area contributed by atoms with Gasteiger partial charge in [-0.1, -0.05) is 6.07 Å². The second-order valence-corrected chi connectivity index (χ2v) is 8.17. The molecule has 0 aliphatic heterocycles. The number of halogens is 1. The molecule has 27 heavy (non-hydrogen) atoms. The van der Waals surface area contributed by atoms with Gasteiger partial charge >= 0.3 is 5.97 Å². The monoisotopic (exact) mass is 407 g/mol. The van der Waals surface area contributed by atoms with Crippen LogP contribution < -0.4 is 5.32 Å². The Kier molecular flexibility index (Phi) is 5.59. The first-order valence-electron chi connectivity index (χ1n) is 8.07. The van der Waals surface area contributed by atoms with Crippen LogP contribution in [0.5, 0.6) is 0 Å². The predicted molar refractivity (Wildman–Crippen MR) is 106 cm³/mol. The van der Waals surface area contributed by atoms with Crippen molar-refractivity contribution in [1.82, 2.24) is 0 Å².